The van der Waals surface area contributed by atoms with Crippen molar-refractivity contribution >= 4 is 6.09 Å². The van der Waals surface area contributed by atoms with Crippen LogP contribution >= 0.6 is 0 Å². The van der Waals surface area contributed by atoms with Crippen molar-refractivity contribution in [3.8, 4) is 22.8 Å². The highest BCUT2D eigenvalue weighted by atomic mass is 19.4. The van der Waals surface area contributed by atoms with Gasteiger partial charge in [-0.05, 0) is 49.5 Å². The molecule has 0 spiro atoms. The number of fused-ring (bicyclic) bond motifs is 4. The first-order valence-corrected chi connectivity index (χ1v) is 11.4. The summed E-state index contributed by atoms with van der Waals surface area (Å²) >= 11 is 0. The van der Waals surface area contributed by atoms with Crippen LogP contribution in [-0.4, -0.2) is 55.4 Å². The van der Waals surface area contributed by atoms with E-state index in [1.54, 1.807) is 18.2 Å². The average molecular weight is 477 g/mol. The predicted molar refractivity (Wildman–Crippen MR) is 117 cm³/mol. The predicted octanol–water partition coefficient (Wildman–Crippen LogP) is 4.42. The minimum Gasteiger partial charge on any atom is -0.493 e. The third-order valence-corrected chi connectivity index (χ3v) is 6.88. The molecule has 7 nitrogen and oxygen atoms in total. The first kappa shape index (κ1) is 22.8. The van der Waals surface area contributed by atoms with E-state index in [1.165, 1.54) is 6.20 Å². The van der Waals surface area contributed by atoms with E-state index in [2.05, 4.69) is 15.2 Å². The topological polar surface area (TPSA) is 72.9 Å². The fourth-order valence-electron chi connectivity index (χ4n) is 5.05. The van der Waals surface area contributed by atoms with Crippen LogP contribution in [0.2, 0.25) is 0 Å². The van der Waals surface area contributed by atoms with E-state index in [1.807, 2.05) is 0 Å². The molecule has 5 heterocycles. The standard InChI is InChI=1S/C24H26F3N3O4/c1-32-22-18(24(25,26)27)10-16(12-28-22)15-2-3-17-19(6-9-33-20(17)11-15)29-23(31)34-21-13-30-7-4-14(21)5-8-30/h2-3,10-12,14,19,21H,4-9,13H2,1H3,(H,29,31)/t19?,21-/m1/s1. The first-order valence-electron chi connectivity index (χ1n) is 11.4. The molecular weight excluding hydrogens is 451 g/mol. The van der Waals surface area contributed by atoms with Crippen LogP contribution < -0.4 is 14.8 Å². The number of rotatable bonds is 4. The molecule has 1 amide bonds. The van der Waals surface area contributed by atoms with Gasteiger partial charge in [-0.1, -0.05) is 12.1 Å². The lowest BCUT2D eigenvalue weighted by Crippen LogP contribution is -2.52. The molecule has 3 fully saturated rings. The molecule has 34 heavy (non-hydrogen) atoms. The van der Waals surface area contributed by atoms with Crippen LogP contribution in [0.4, 0.5) is 18.0 Å². The van der Waals surface area contributed by atoms with Gasteiger partial charge in [0.05, 0.1) is 19.8 Å². The van der Waals surface area contributed by atoms with Crippen molar-refractivity contribution in [2.75, 3.05) is 33.4 Å². The molecule has 0 saturated carbocycles. The minimum absolute atomic E-state index is 0.0883. The average Bonchev–Trinajstić information content (AvgIpc) is 2.83. The number of alkyl halides is 3. The Labute approximate surface area is 195 Å². The Balaban J connectivity index is 1.32. The zero-order valence-electron chi connectivity index (χ0n) is 18.7. The van der Waals surface area contributed by atoms with Gasteiger partial charge in [0.25, 0.3) is 0 Å². The van der Waals surface area contributed by atoms with Gasteiger partial charge in [0, 0.05) is 30.3 Å². The Bertz CT molecular complexity index is 1070. The van der Waals surface area contributed by atoms with Crippen molar-refractivity contribution in [2.45, 2.75) is 37.6 Å². The third kappa shape index (κ3) is 4.51. The Morgan fingerprint density at radius 3 is 2.65 bits per heavy atom. The second-order valence-corrected chi connectivity index (χ2v) is 8.95. The molecule has 2 bridgehead atoms. The smallest absolute Gasteiger partial charge is 0.421 e. The number of hydrogen-bond acceptors (Lipinski definition) is 6. The number of piperidine rings is 3. The maximum atomic E-state index is 13.4. The summed E-state index contributed by atoms with van der Waals surface area (Å²) in [4.78, 5) is 18.8. The molecule has 6 rings (SSSR count). The van der Waals surface area contributed by atoms with Gasteiger partial charge in [-0.3, -0.25) is 4.90 Å². The monoisotopic (exact) mass is 477 g/mol. The van der Waals surface area contributed by atoms with Crippen molar-refractivity contribution in [2.24, 2.45) is 5.92 Å². The van der Waals surface area contributed by atoms with Crippen molar-refractivity contribution in [1.82, 2.24) is 15.2 Å². The second kappa shape index (κ2) is 8.98. The van der Waals surface area contributed by atoms with Crippen molar-refractivity contribution in [3.63, 3.8) is 0 Å². The summed E-state index contributed by atoms with van der Waals surface area (Å²) in [6, 6.07) is 5.85. The molecule has 182 valence electrons. The van der Waals surface area contributed by atoms with E-state index in [9.17, 15) is 18.0 Å². The molecule has 1 aromatic carbocycles. The summed E-state index contributed by atoms with van der Waals surface area (Å²) in [6.45, 7) is 3.28. The van der Waals surface area contributed by atoms with Crippen LogP contribution in [-0.2, 0) is 10.9 Å². The Kier molecular flexibility index (Phi) is 6.01. The third-order valence-electron chi connectivity index (χ3n) is 6.88. The van der Waals surface area contributed by atoms with E-state index < -0.39 is 23.7 Å². The highest BCUT2D eigenvalue weighted by molar-refractivity contribution is 5.70. The molecule has 10 heteroatoms. The zero-order chi connectivity index (χ0) is 23.9. The molecule has 3 saturated heterocycles. The molecule has 2 aromatic rings. The number of aromatic nitrogens is 1. The van der Waals surface area contributed by atoms with Crippen molar-refractivity contribution in [3.05, 3.63) is 41.6 Å². The number of pyridine rings is 1. The van der Waals surface area contributed by atoms with Gasteiger partial charge < -0.3 is 19.5 Å². The number of methoxy groups -OCH3 is 1. The Morgan fingerprint density at radius 2 is 1.97 bits per heavy atom. The molecule has 2 atom stereocenters. The highest BCUT2D eigenvalue weighted by Gasteiger charge is 2.37. The Morgan fingerprint density at radius 1 is 1.18 bits per heavy atom. The van der Waals surface area contributed by atoms with Crippen LogP contribution in [0.3, 0.4) is 0 Å². The molecule has 0 aliphatic carbocycles. The Hall–Kier alpha value is -3.01. The van der Waals surface area contributed by atoms with Gasteiger partial charge >= 0.3 is 12.3 Å². The van der Waals surface area contributed by atoms with Crippen LogP contribution in [0.15, 0.2) is 30.5 Å². The largest absolute Gasteiger partial charge is 0.493 e. The van der Waals surface area contributed by atoms with E-state index >= 15 is 0 Å². The van der Waals surface area contributed by atoms with Crippen molar-refractivity contribution in [1.29, 1.82) is 0 Å². The van der Waals surface area contributed by atoms with Crippen LogP contribution in [0.1, 0.15) is 36.4 Å². The molecule has 4 aliphatic rings. The number of carbonyl (C=O) groups is 1. The highest BCUT2D eigenvalue weighted by Crippen LogP contribution is 2.40. The molecule has 0 radical (unpaired) electrons. The first-order chi connectivity index (χ1) is 16.3. The number of ether oxygens (including phenoxy) is 3. The lowest BCUT2D eigenvalue weighted by atomic mass is 9.86. The summed E-state index contributed by atoms with van der Waals surface area (Å²) in [5, 5.41) is 2.95. The van der Waals surface area contributed by atoms with Crippen LogP contribution in [0, 0.1) is 5.92 Å². The number of nitrogens with zero attached hydrogens (tertiary/aromatic N) is 2. The van der Waals surface area contributed by atoms with Gasteiger partial charge in [-0.15, -0.1) is 0 Å². The quantitative estimate of drug-likeness (QED) is 0.703. The van der Waals surface area contributed by atoms with Gasteiger partial charge in [0.15, 0.2) is 0 Å². The molecule has 4 aliphatic heterocycles. The molecular formula is C24H26F3N3O4. The van der Waals surface area contributed by atoms with Crippen molar-refractivity contribution < 1.29 is 32.2 Å². The minimum atomic E-state index is -4.59. The van der Waals surface area contributed by atoms with Crippen LogP contribution in [0.5, 0.6) is 11.6 Å². The molecule has 1 aromatic heterocycles. The summed E-state index contributed by atoms with van der Waals surface area (Å²) in [7, 11) is 1.15. The van der Waals surface area contributed by atoms with Crippen LogP contribution in [0.25, 0.3) is 11.1 Å². The maximum absolute atomic E-state index is 13.4. The molecule has 1 unspecified atom stereocenters. The summed E-state index contributed by atoms with van der Waals surface area (Å²) in [5.41, 5.74) is 0.630. The normalized spacial score (nSPS) is 25.8. The molecule has 1 N–H and O–H groups in total. The van der Waals surface area contributed by atoms with E-state index in [-0.39, 0.29) is 17.7 Å². The number of hydrogen-bond donors (Lipinski definition) is 1. The van der Waals surface area contributed by atoms with E-state index in [4.69, 9.17) is 14.2 Å². The second-order valence-electron chi connectivity index (χ2n) is 8.95. The zero-order valence-corrected chi connectivity index (χ0v) is 18.7. The number of carbonyl (C=O) groups excluding carboxylic acids is 1. The summed E-state index contributed by atoms with van der Waals surface area (Å²) < 4.78 is 56.5. The number of amides is 1. The summed E-state index contributed by atoms with van der Waals surface area (Å²) in [5.74, 6) is 0.456. The number of nitrogens with one attached hydrogen (secondary N) is 1. The van der Waals surface area contributed by atoms with E-state index in [0.717, 1.165) is 51.2 Å². The van der Waals surface area contributed by atoms with Gasteiger partial charge in [0.1, 0.15) is 17.4 Å². The number of halogens is 3. The lowest BCUT2D eigenvalue weighted by Gasteiger charge is -2.44. The summed E-state index contributed by atoms with van der Waals surface area (Å²) in [6.07, 6.45) is -1.12. The van der Waals surface area contributed by atoms with Gasteiger partial charge in [0.2, 0.25) is 5.88 Å². The van der Waals surface area contributed by atoms with Gasteiger partial charge in [-0.2, -0.15) is 13.2 Å². The number of benzene rings is 1. The maximum Gasteiger partial charge on any atom is 0.421 e. The lowest BCUT2D eigenvalue weighted by molar-refractivity contribution is -0.139. The SMILES string of the molecule is COc1ncc(-c2ccc3c(c2)OCCC3NC(=O)O[C@@H]2CN3CCC2CC3)cc1C(F)(F)F. The fourth-order valence-corrected chi connectivity index (χ4v) is 5.05. The fraction of sp³-hybridized carbons (Fsp3) is 0.500. The van der Waals surface area contributed by atoms with E-state index in [0.29, 0.717) is 30.3 Å². The van der Waals surface area contributed by atoms with Gasteiger partial charge in [-0.25, -0.2) is 9.78 Å². The number of alkyl carbamates (subject to hydrolysis) is 1.